The summed E-state index contributed by atoms with van der Waals surface area (Å²) in [4.78, 5) is 11.1. The van der Waals surface area contributed by atoms with Crippen LogP contribution in [0.3, 0.4) is 0 Å². The Kier molecular flexibility index (Phi) is 7.68. The summed E-state index contributed by atoms with van der Waals surface area (Å²) in [7, 11) is -2.18. The van der Waals surface area contributed by atoms with Gasteiger partial charge >= 0.3 is 0 Å². The summed E-state index contributed by atoms with van der Waals surface area (Å²) in [6, 6.07) is 9.62. The van der Waals surface area contributed by atoms with E-state index in [-0.39, 0.29) is 22.4 Å². The summed E-state index contributed by atoms with van der Waals surface area (Å²) in [5, 5.41) is 2.68. The third-order valence-electron chi connectivity index (χ3n) is 3.80. The number of amides is 1. The van der Waals surface area contributed by atoms with Gasteiger partial charge in [-0.1, -0.05) is 17.7 Å². The molecule has 0 spiro atoms. The lowest BCUT2D eigenvalue weighted by Crippen LogP contribution is -2.26. The average Bonchev–Trinajstić information content (AvgIpc) is 2.64. The monoisotopic (exact) mass is 426 g/mol. The van der Waals surface area contributed by atoms with Crippen molar-refractivity contribution >= 4 is 33.2 Å². The summed E-state index contributed by atoms with van der Waals surface area (Å²) < 4.78 is 38.2. The topological polar surface area (TPSA) is 93.7 Å². The largest absolute Gasteiger partial charge is 0.493 e. The van der Waals surface area contributed by atoms with E-state index in [1.807, 2.05) is 19.1 Å². The highest BCUT2D eigenvalue weighted by Crippen LogP contribution is 2.28. The molecule has 0 saturated carbocycles. The van der Waals surface area contributed by atoms with Crippen molar-refractivity contribution in [3.63, 3.8) is 0 Å². The van der Waals surface area contributed by atoms with Gasteiger partial charge in [-0.2, -0.15) is 0 Å². The van der Waals surface area contributed by atoms with E-state index < -0.39 is 10.0 Å². The zero-order chi connectivity index (χ0) is 20.7. The van der Waals surface area contributed by atoms with Crippen LogP contribution in [0.5, 0.6) is 11.5 Å². The van der Waals surface area contributed by atoms with E-state index in [0.29, 0.717) is 30.2 Å². The molecular formula is C19H23ClN2O5S. The minimum Gasteiger partial charge on any atom is -0.493 e. The molecule has 0 radical (unpaired) electrons. The number of halogens is 1. The van der Waals surface area contributed by atoms with Crippen LogP contribution < -0.4 is 19.5 Å². The van der Waals surface area contributed by atoms with Crippen molar-refractivity contribution in [2.24, 2.45) is 0 Å². The molecule has 2 rings (SSSR count). The fourth-order valence-corrected chi connectivity index (χ4v) is 3.86. The van der Waals surface area contributed by atoms with Crippen LogP contribution in [0.25, 0.3) is 0 Å². The highest BCUT2D eigenvalue weighted by atomic mass is 35.5. The quantitative estimate of drug-likeness (QED) is 0.642. The molecule has 0 unspecified atom stereocenters. The Bertz CT molecular complexity index is 947. The van der Waals surface area contributed by atoms with Crippen LogP contribution in [0.15, 0.2) is 41.3 Å². The summed E-state index contributed by atoms with van der Waals surface area (Å²) in [5.74, 6) is 0.951. The van der Waals surface area contributed by atoms with Gasteiger partial charge in [0.2, 0.25) is 15.9 Å². The molecule has 0 saturated heterocycles. The van der Waals surface area contributed by atoms with Gasteiger partial charge in [-0.15, -0.1) is 0 Å². The molecule has 0 heterocycles. The van der Waals surface area contributed by atoms with Gasteiger partial charge in [-0.05, 0) is 49.2 Å². The Labute approximate surface area is 170 Å². The SMILES string of the molecule is CCOc1ccc(CCNS(=O)(=O)c2ccc(NC(C)=O)c(Cl)c2)cc1OC. The first-order valence-corrected chi connectivity index (χ1v) is 10.5. The number of hydrogen-bond donors (Lipinski definition) is 2. The third-order valence-corrected chi connectivity index (χ3v) is 5.57. The maximum atomic E-state index is 12.5. The van der Waals surface area contributed by atoms with E-state index in [2.05, 4.69) is 10.0 Å². The fraction of sp³-hybridized carbons (Fsp3) is 0.316. The van der Waals surface area contributed by atoms with E-state index in [9.17, 15) is 13.2 Å². The molecule has 0 aliphatic rings. The number of nitrogens with one attached hydrogen (secondary N) is 2. The normalized spacial score (nSPS) is 11.1. The van der Waals surface area contributed by atoms with Gasteiger partial charge in [0, 0.05) is 13.5 Å². The highest BCUT2D eigenvalue weighted by molar-refractivity contribution is 7.89. The van der Waals surface area contributed by atoms with Crippen LogP contribution in [0.4, 0.5) is 5.69 Å². The van der Waals surface area contributed by atoms with Gasteiger partial charge in [0.15, 0.2) is 11.5 Å². The molecule has 0 aromatic heterocycles. The van der Waals surface area contributed by atoms with Crippen molar-refractivity contribution in [3.05, 3.63) is 47.0 Å². The number of rotatable bonds is 9. The van der Waals surface area contributed by atoms with Crippen LogP contribution in [-0.4, -0.2) is 34.6 Å². The summed E-state index contributed by atoms with van der Waals surface area (Å²) in [5.41, 5.74) is 1.26. The predicted molar refractivity (Wildman–Crippen MR) is 109 cm³/mol. The number of ether oxygens (including phenoxy) is 2. The molecule has 0 atom stereocenters. The maximum absolute atomic E-state index is 12.5. The molecular weight excluding hydrogens is 404 g/mol. The average molecular weight is 427 g/mol. The lowest BCUT2D eigenvalue weighted by atomic mass is 10.1. The lowest BCUT2D eigenvalue weighted by molar-refractivity contribution is -0.114. The molecule has 0 bridgehead atoms. The Morgan fingerprint density at radius 3 is 2.50 bits per heavy atom. The smallest absolute Gasteiger partial charge is 0.240 e. The highest BCUT2D eigenvalue weighted by Gasteiger charge is 2.16. The van der Waals surface area contributed by atoms with Gasteiger partial charge < -0.3 is 14.8 Å². The number of methoxy groups -OCH3 is 1. The first kappa shape index (κ1) is 22.0. The van der Waals surface area contributed by atoms with Gasteiger partial charge in [-0.25, -0.2) is 13.1 Å². The minimum absolute atomic E-state index is 0.0240. The molecule has 0 aliphatic heterocycles. The second-order valence-corrected chi connectivity index (χ2v) is 8.06. The zero-order valence-electron chi connectivity index (χ0n) is 15.9. The van der Waals surface area contributed by atoms with Crippen molar-refractivity contribution in [1.82, 2.24) is 4.72 Å². The molecule has 0 aliphatic carbocycles. The number of benzene rings is 2. The number of anilines is 1. The van der Waals surface area contributed by atoms with Crippen LogP contribution in [0.1, 0.15) is 19.4 Å². The van der Waals surface area contributed by atoms with E-state index in [4.69, 9.17) is 21.1 Å². The van der Waals surface area contributed by atoms with E-state index >= 15 is 0 Å². The number of carbonyl (C=O) groups excluding carboxylic acids is 1. The summed E-state index contributed by atoms with van der Waals surface area (Å²) >= 11 is 6.05. The van der Waals surface area contributed by atoms with Crippen LogP contribution in [0, 0.1) is 0 Å². The molecule has 152 valence electrons. The molecule has 0 fully saturated rings. The van der Waals surface area contributed by atoms with Crippen molar-refractivity contribution in [2.75, 3.05) is 25.6 Å². The third kappa shape index (κ3) is 5.85. The van der Waals surface area contributed by atoms with Crippen molar-refractivity contribution < 1.29 is 22.7 Å². The number of carbonyl (C=O) groups is 1. The van der Waals surface area contributed by atoms with Gasteiger partial charge in [-0.3, -0.25) is 4.79 Å². The van der Waals surface area contributed by atoms with Crippen molar-refractivity contribution in [3.8, 4) is 11.5 Å². The number of hydrogen-bond acceptors (Lipinski definition) is 5. The molecule has 7 nitrogen and oxygen atoms in total. The van der Waals surface area contributed by atoms with Crippen molar-refractivity contribution in [2.45, 2.75) is 25.2 Å². The maximum Gasteiger partial charge on any atom is 0.240 e. The summed E-state index contributed by atoms with van der Waals surface area (Å²) in [6.45, 7) is 3.96. The zero-order valence-corrected chi connectivity index (χ0v) is 17.5. The molecule has 2 aromatic carbocycles. The molecule has 1 amide bonds. The standard InChI is InChI=1S/C19H23ClN2O5S/c1-4-27-18-8-5-14(11-19(18)26-3)9-10-21-28(24,25)15-6-7-17(16(20)12-15)22-13(2)23/h5-8,11-12,21H,4,9-10H2,1-3H3,(H,22,23). The van der Waals surface area contributed by atoms with Crippen LogP contribution in [-0.2, 0) is 21.2 Å². The van der Waals surface area contributed by atoms with Crippen LogP contribution >= 0.6 is 11.6 Å². The van der Waals surface area contributed by atoms with Gasteiger partial charge in [0.05, 0.1) is 29.3 Å². The van der Waals surface area contributed by atoms with Crippen molar-refractivity contribution in [1.29, 1.82) is 0 Å². The first-order valence-electron chi connectivity index (χ1n) is 8.63. The fourth-order valence-electron chi connectivity index (χ4n) is 2.51. The number of sulfonamides is 1. The Morgan fingerprint density at radius 1 is 1.14 bits per heavy atom. The lowest BCUT2D eigenvalue weighted by Gasteiger charge is -2.12. The van der Waals surface area contributed by atoms with Crippen LogP contribution in [0.2, 0.25) is 5.02 Å². The molecule has 2 aromatic rings. The van der Waals surface area contributed by atoms with Gasteiger partial charge in [0.25, 0.3) is 0 Å². The molecule has 28 heavy (non-hydrogen) atoms. The van der Waals surface area contributed by atoms with E-state index in [1.165, 1.54) is 25.1 Å². The second-order valence-electron chi connectivity index (χ2n) is 5.89. The summed E-state index contributed by atoms with van der Waals surface area (Å²) in [6.07, 6.45) is 0.472. The Morgan fingerprint density at radius 2 is 1.89 bits per heavy atom. The molecule has 2 N–H and O–H groups in total. The molecule has 9 heteroatoms. The second kappa shape index (κ2) is 9.77. The van der Waals surface area contributed by atoms with E-state index in [1.54, 1.807) is 13.2 Å². The van der Waals surface area contributed by atoms with Gasteiger partial charge in [0.1, 0.15) is 0 Å². The minimum atomic E-state index is -3.73. The first-order chi connectivity index (χ1) is 13.3. The Hall–Kier alpha value is -2.29. The van der Waals surface area contributed by atoms with E-state index in [0.717, 1.165) is 5.56 Å². The predicted octanol–water partition coefficient (Wildman–Crippen LogP) is 3.23. The Balaban J connectivity index is 2.04.